The third-order valence-electron chi connectivity index (χ3n) is 7.06. The predicted octanol–water partition coefficient (Wildman–Crippen LogP) is 5.44. The number of aromatic nitrogens is 4. The average molecular weight is 522 g/mol. The van der Waals surface area contributed by atoms with E-state index in [2.05, 4.69) is 10.3 Å². The van der Waals surface area contributed by atoms with Crippen LogP contribution in [-0.2, 0) is 17.6 Å². The van der Waals surface area contributed by atoms with Crippen LogP contribution in [0.4, 0.5) is 5.82 Å². The van der Waals surface area contributed by atoms with E-state index in [0.29, 0.717) is 29.0 Å². The number of aromatic amines is 1. The maximum Gasteiger partial charge on any atom is 0.255 e. The average Bonchev–Trinajstić information content (AvgIpc) is 3.62. The van der Waals surface area contributed by atoms with Crippen LogP contribution in [0.15, 0.2) is 76.9 Å². The molecular weight excluding hydrogens is 498 g/mol. The second-order valence-electron chi connectivity index (χ2n) is 9.43. The highest BCUT2D eigenvalue weighted by Gasteiger charge is 2.33. The molecule has 0 fully saturated rings. The molecule has 1 amide bonds. The summed E-state index contributed by atoms with van der Waals surface area (Å²) in [6.45, 7) is 0. The van der Waals surface area contributed by atoms with Crippen LogP contribution in [-0.4, -0.2) is 25.7 Å². The van der Waals surface area contributed by atoms with Gasteiger partial charge in [0.25, 0.3) is 5.56 Å². The van der Waals surface area contributed by atoms with Gasteiger partial charge in [-0.1, -0.05) is 42.5 Å². The van der Waals surface area contributed by atoms with Gasteiger partial charge in [-0.05, 0) is 49.3 Å². The number of carbonyl (C=O) groups is 1. The lowest BCUT2D eigenvalue weighted by atomic mass is 9.87. The van der Waals surface area contributed by atoms with E-state index in [4.69, 9.17) is 14.8 Å². The Labute approximate surface area is 222 Å². The van der Waals surface area contributed by atoms with Crippen molar-refractivity contribution in [2.75, 3.05) is 5.32 Å². The third-order valence-corrected chi connectivity index (χ3v) is 7.95. The van der Waals surface area contributed by atoms with E-state index >= 15 is 0 Å². The molecule has 0 spiro atoms. The molecule has 2 aromatic carbocycles. The van der Waals surface area contributed by atoms with Gasteiger partial charge in [-0.25, -0.2) is 4.98 Å². The molecule has 9 heteroatoms. The zero-order valence-electron chi connectivity index (χ0n) is 20.3. The highest BCUT2D eigenvalue weighted by Crippen LogP contribution is 2.44. The molecule has 0 saturated carbocycles. The van der Waals surface area contributed by atoms with E-state index in [-0.39, 0.29) is 11.5 Å². The van der Waals surface area contributed by atoms with Crippen LogP contribution < -0.4 is 15.6 Å². The first-order valence-corrected chi connectivity index (χ1v) is 13.5. The number of aryl methyl sites for hydroxylation is 1. The first-order chi connectivity index (χ1) is 18.7. The summed E-state index contributed by atoms with van der Waals surface area (Å²) in [7, 11) is 0. The Morgan fingerprint density at radius 2 is 1.74 bits per heavy atom. The van der Waals surface area contributed by atoms with E-state index in [0.717, 1.165) is 52.9 Å². The number of thiophene rings is 1. The molecule has 38 heavy (non-hydrogen) atoms. The molecule has 1 aliphatic heterocycles. The fourth-order valence-corrected chi connectivity index (χ4v) is 5.94. The number of nitrogens with one attached hydrogen (secondary N) is 2. The van der Waals surface area contributed by atoms with Crippen molar-refractivity contribution < 1.29 is 9.53 Å². The zero-order valence-corrected chi connectivity index (χ0v) is 21.1. The lowest BCUT2D eigenvalue weighted by molar-refractivity contribution is -0.116. The molecule has 8 nitrogen and oxygen atoms in total. The van der Waals surface area contributed by atoms with Crippen LogP contribution in [0.2, 0.25) is 0 Å². The molecule has 0 unspecified atom stereocenters. The molecule has 0 radical (unpaired) electrons. The van der Waals surface area contributed by atoms with E-state index in [9.17, 15) is 9.59 Å². The number of ether oxygens (including phenoxy) is 1. The molecule has 5 aromatic rings. The van der Waals surface area contributed by atoms with E-state index < -0.39 is 5.92 Å². The van der Waals surface area contributed by atoms with Gasteiger partial charge in [0.15, 0.2) is 0 Å². The number of para-hydroxylation sites is 2. The summed E-state index contributed by atoms with van der Waals surface area (Å²) in [6.07, 6.45) is 3.46. The van der Waals surface area contributed by atoms with Gasteiger partial charge in [-0.15, -0.1) is 11.3 Å². The Kier molecular flexibility index (Phi) is 5.44. The Balaban J connectivity index is 1.33. The minimum Gasteiger partial charge on any atom is -0.457 e. The number of hydrogen-bond acceptors (Lipinski definition) is 6. The lowest BCUT2D eigenvalue weighted by Gasteiger charge is -2.27. The van der Waals surface area contributed by atoms with Crippen LogP contribution >= 0.6 is 11.3 Å². The SMILES string of the molecule is O=C(Nc1cc(-c2cccs2)nn1-c1nc2c(c(=O)[nH]1)CCCC2)C1c2ccccc2Oc2ccccc21. The van der Waals surface area contributed by atoms with Crippen molar-refractivity contribution >= 4 is 23.1 Å². The van der Waals surface area contributed by atoms with Gasteiger partial charge in [0.2, 0.25) is 11.9 Å². The van der Waals surface area contributed by atoms with Crippen molar-refractivity contribution in [3.05, 3.63) is 105 Å². The van der Waals surface area contributed by atoms with E-state index in [1.54, 1.807) is 11.3 Å². The molecular formula is C29H23N5O3S. The molecule has 0 saturated heterocycles. The van der Waals surface area contributed by atoms with Crippen molar-refractivity contribution in [2.45, 2.75) is 31.6 Å². The predicted molar refractivity (Wildman–Crippen MR) is 145 cm³/mol. The van der Waals surface area contributed by atoms with E-state index in [1.165, 1.54) is 4.68 Å². The van der Waals surface area contributed by atoms with Crippen molar-refractivity contribution in [1.29, 1.82) is 0 Å². The smallest absolute Gasteiger partial charge is 0.255 e. The largest absolute Gasteiger partial charge is 0.457 e. The lowest BCUT2D eigenvalue weighted by Crippen LogP contribution is -2.27. The van der Waals surface area contributed by atoms with Gasteiger partial charge in [0.1, 0.15) is 23.0 Å². The van der Waals surface area contributed by atoms with Crippen molar-refractivity contribution in [3.63, 3.8) is 0 Å². The fraction of sp³-hybridized carbons (Fsp3) is 0.172. The third kappa shape index (κ3) is 3.83. The molecule has 1 aliphatic carbocycles. The molecule has 3 aromatic heterocycles. The first kappa shape index (κ1) is 22.7. The maximum absolute atomic E-state index is 14.0. The summed E-state index contributed by atoms with van der Waals surface area (Å²) >= 11 is 1.55. The number of carbonyl (C=O) groups excluding carboxylic acids is 1. The summed E-state index contributed by atoms with van der Waals surface area (Å²) in [6, 6.07) is 20.9. The van der Waals surface area contributed by atoms with Gasteiger partial charge in [-0.3, -0.25) is 14.6 Å². The van der Waals surface area contributed by atoms with Crippen molar-refractivity contribution in [1.82, 2.24) is 19.7 Å². The van der Waals surface area contributed by atoms with Crippen LogP contribution in [0.1, 0.15) is 41.1 Å². The summed E-state index contributed by atoms with van der Waals surface area (Å²) in [5, 5.41) is 9.82. The number of hydrogen-bond donors (Lipinski definition) is 2. The van der Waals surface area contributed by atoms with Gasteiger partial charge < -0.3 is 10.1 Å². The maximum atomic E-state index is 14.0. The number of H-pyrrole nitrogens is 1. The van der Waals surface area contributed by atoms with Crippen molar-refractivity contribution in [3.8, 4) is 28.0 Å². The Morgan fingerprint density at radius 3 is 2.47 bits per heavy atom. The summed E-state index contributed by atoms with van der Waals surface area (Å²) in [5.74, 6) is 1.22. The second kappa shape index (κ2) is 9.11. The highest BCUT2D eigenvalue weighted by atomic mass is 32.1. The number of anilines is 1. The van der Waals surface area contributed by atoms with Crippen LogP contribution in [0.25, 0.3) is 16.5 Å². The molecule has 0 bridgehead atoms. The molecule has 0 atom stereocenters. The minimum atomic E-state index is -0.583. The highest BCUT2D eigenvalue weighted by molar-refractivity contribution is 7.13. The number of rotatable bonds is 4. The standard InChI is InChI=1S/C29H23N5O3S/c35-27-17-8-1-4-11-20(17)30-29(32-27)34-25(16-21(33-34)24-14-7-15-38-24)31-28(36)26-18-9-2-5-12-22(18)37-23-13-6-3-10-19(23)26/h2-3,5-7,9-10,12-16,26H,1,4,8,11H2,(H,31,36)(H,30,32,35). The van der Waals surface area contributed by atoms with Crippen molar-refractivity contribution in [2.24, 2.45) is 0 Å². The van der Waals surface area contributed by atoms with Gasteiger partial charge >= 0.3 is 0 Å². The quantitative estimate of drug-likeness (QED) is 0.328. The summed E-state index contributed by atoms with van der Waals surface area (Å²) in [4.78, 5) is 35.5. The fourth-order valence-electron chi connectivity index (χ4n) is 5.26. The monoisotopic (exact) mass is 521 g/mol. The molecule has 4 heterocycles. The molecule has 2 aliphatic rings. The van der Waals surface area contributed by atoms with Crippen LogP contribution in [0, 0.1) is 0 Å². The van der Waals surface area contributed by atoms with Crippen LogP contribution in [0.3, 0.4) is 0 Å². The van der Waals surface area contributed by atoms with Crippen LogP contribution in [0.5, 0.6) is 11.5 Å². The Bertz CT molecular complexity index is 1690. The van der Waals surface area contributed by atoms with Gasteiger partial charge in [0.05, 0.1) is 16.5 Å². The Morgan fingerprint density at radius 1 is 1.00 bits per heavy atom. The molecule has 188 valence electrons. The first-order valence-electron chi connectivity index (χ1n) is 12.6. The van der Waals surface area contributed by atoms with E-state index in [1.807, 2.05) is 72.1 Å². The summed E-state index contributed by atoms with van der Waals surface area (Å²) in [5.41, 5.74) is 3.65. The number of benzene rings is 2. The summed E-state index contributed by atoms with van der Waals surface area (Å²) < 4.78 is 7.60. The zero-order chi connectivity index (χ0) is 25.6. The number of amides is 1. The number of nitrogens with zero attached hydrogens (tertiary/aromatic N) is 3. The van der Waals surface area contributed by atoms with Gasteiger partial charge in [0, 0.05) is 22.8 Å². The Hall–Kier alpha value is -4.50. The molecule has 2 N–H and O–H groups in total. The number of fused-ring (bicyclic) bond motifs is 3. The molecule has 7 rings (SSSR count). The minimum absolute atomic E-state index is 0.151. The normalized spacial score (nSPS) is 14.2. The second-order valence-corrected chi connectivity index (χ2v) is 10.4. The van der Waals surface area contributed by atoms with Gasteiger partial charge in [-0.2, -0.15) is 9.78 Å². The topological polar surface area (TPSA) is 102 Å².